The van der Waals surface area contributed by atoms with Crippen LogP contribution in [0.25, 0.3) is 0 Å². The van der Waals surface area contributed by atoms with E-state index in [0.29, 0.717) is 23.4 Å². The van der Waals surface area contributed by atoms with E-state index < -0.39 is 23.9 Å². The molecule has 7 nitrogen and oxygen atoms in total. The lowest BCUT2D eigenvalue weighted by Crippen LogP contribution is -2.30. The molecule has 2 aromatic rings. The molecule has 0 saturated heterocycles. The first-order valence-electron chi connectivity index (χ1n) is 7.90. The number of primary amides is 1. The van der Waals surface area contributed by atoms with Gasteiger partial charge in [-0.1, -0.05) is 12.1 Å². The first-order valence-corrected chi connectivity index (χ1v) is 7.90. The van der Waals surface area contributed by atoms with Gasteiger partial charge < -0.3 is 20.5 Å². The van der Waals surface area contributed by atoms with Gasteiger partial charge in [-0.15, -0.1) is 0 Å². The Morgan fingerprint density at radius 3 is 2.38 bits per heavy atom. The Bertz CT molecular complexity index is 802. The summed E-state index contributed by atoms with van der Waals surface area (Å²) in [6, 6.07) is 12.9. The Kier molecular flexibility index (Phi) is 6.46. The number of carbonyl (C=O) groups excluding carboxylic acids is 3. The fourth-order valence-corrected chi connectivity index (χ4v) is 2.20. The van der Waals surface area contributed by atoms with Crippen molar-refractivity contribution in [2.45, 2.75) is 19.6 Å². The molecular weight excluding hydrogens is 336 g/mol. The summed E-state index contributed by atoms with van der Waals surface area (Å²) in [5, 5.41) is 2.61. The predicted molar refractivity (Wildman–Crippen MR) is 95.6 cm³/mol. The first-order chi connectivity index (χ1) is 12.4. The van der Waals surface area contributed by atoms with Crippen LogP contribution in [0.1, 0.15) is 33.2 Å². The highest BCUT2D eigenvalue weighted by Crippen LogP contribution is 2.12. The largest absolute Gasteiger partial charge is 0.449 e. The maximum Gasteiger partial charge on any atom is 0.338 e. The number of amides is 2. The van der Waals surface area contributed by atoms with E-state index in [1.807, 2.05) is 6.07 Å². The van der Waals surface area contributed by atoms with Crippen molar-refractivity contribution in [1.82, 2.24) is 0 Å². The highest BCUT2D eigenvalue weighted by atomic mass is 16.5. The van der Waals surface area contributed by atoms with Gasteiger partial charge >= 0.3 is 5.97 Å². The summed E-state index contributed by atoms with van der Waals surface area (Å²) in [7, 11) is 1.56. The lowest BCUT2D eigenvalue weighted by atomic mass is 10.1. The lowest BCUT2D eigenvalue weighted by Gasteiger charge is -2.14. The summed E-state index contributed by atoms with van der Waals surface area (Å²) in [5.74, 6) is -1.64. The van der Waals surface area contributed by atoms with Crippen molar-refractivity contribution >= 4 is 23.5 Å². The van der Waals surface area contributed by atoms with Crippen molar-refractivity contribution in [2.75, 3.05) is 12.4 Å². The van der Waals surface area contributed by atoms with Gasteiger partial charge in [0.25, 0.3) is 5.91 Å². The van der Waals surface area contributed by atoms with Gasteiger partial charge in [-0.25, -0.2) is 4.79 Å². The van der Waals surface area contributed by atoms with Crippen molar-refractivity contribution in [3.05, 3.63) is 65.2 Å². The molecule has 0 heterocycles. The van der Waals surface area contributed by atoms with Crippen LogP contribution in [0.3, 0.4) is 0 Å². The summed E-state index contributed by atoms with van der Waals surface area (Å²) in [4.78, 5) is 35.4. The Morgan fingerprint density at radius 1 is 1.08 bits per heavy atom. The van der Waals surface area contributed by atoms with E-state index in [0.717, 1.165) is 5.56 Å². The maximum absolute atomic E-state index is 12.2. The molecule has 2 amide bonds. The highest BCUT2D eigenvalue weighted by molar-refractivity contribution is 5.98. The molecular formula is C19H20N2O5. The van der Waals surface area contributed by atoms with Gasteiger partial charge in [-0.2, -0.15) is 0 Å². The van der Waals surface area contributed by atoms with Crippen LogP contribution >= 0.6 is 0 Å². The molecule has 1 atom stereocenters. The normalized spacial score (nSPS) is 11.5. The number of methoxy groups -OCH3 is 1. The third-order valence-electron chi connectivity index (χ3n) is 3.56. The molecule has 0 aliphatic heterocycles. The quantitative estimate of drug-likeness (QED) is 0.739. The van der Waals surface area contributed by atoms with Crippen LogP contribution in [-0.2, 0) is 20.9 Å². The second-order valence-corrected chi connectivity index (χ2v) is 5.61. The zero-order valence-electron chi connectivity index (χ0n) is 14.5. The number of benzene rings is 2. The fraction of sp³-hybridized carbons (Fsp3) is 0.211. The average Bonchev–Trinajstić information content (AvgIpc) is 2.62. The summed E-state index contributed by atoms with van der Waals surface area (Å²) in [6.07, 6.45) is -0.996. The fourth-order valence-electron chi connectivity index (χ4n) is 2.20. The number of ether oxygens (including phenoxy) is 2. The van der Waals surface area contributed by atoms with Crippen LogP contribution in [0.4, 0.5) is 5.69 Å². The van der Waals surface area contributed by atoms with Crippen molar-refractivity contribution in [3.63, 3.8) is 0 Å². The van der Waals surface area contributed by atoms with Crippen LogP contribution in [0.2, 0.25) is 0 Å². The monoisotopic (exact) mass is 356 g/mol. The molecule has 0 radical (unpaired) electrons. The zero-order valence-corrected chi connectivity index (χ0v) is 14.5. The molecule has 2 rings (SSSR count). The third kappa shape index (κ3) is 5.15. The van der Waals surface area contributed by atoms with Crippen LogP contribution in [0, 0.1) is 0 Å². The maximum atomic E-state index is 12.2. The molecule has 3 N–H and O–H groups in total. The SMILES string of the molecule is COCc1cccc(C(=O)OC(C)C(=O)Nc2ccc(C(N)=O)cc2)c1. The standard InChI is InChI=1S/C19H20N2O5/c1-12(18(23)21-16-8-6-14(7-9-16)17(20)22)26-19(24)15-5-3-4-13(10-15)11-25-2/h3-10,12H,11H2,1-2H3,(H2,20,22)(H,21,23). The third-order valence-corrected chi connectivity index (χ3v) is 3.56. The topological polar surface area (TPSA) is 108 Å². The van der Waals surface area contributed by atoms with Gasteiger partial charge in [0, 0.05) is 18.4 Å². The van der Waals surface area contributed by atoms with E-state index in [1.54, 1.807) is 37.4 Å². The lowest BCUT2D eigenvalue weighted by molar-refractivity contribution is -0.123. The van der Waals surface area contributed by atoms with Crippen molar-refractivity contribution in [3.8, 4) is 0 Å². The van der Waals surface area contributed by atoms with E-state index in [1.165, 1.54) is 19.1 Å². The van der Waals surface area contributed by atoms with Gasteiger partial charge in [-0.3, -0.25) is 9.59 Å². The molecule has 7 heteroatoms. The number of carbonyl (C=O) groups is 3. The van der Waals surface area contributed by atoms with Gasteiger partial charge in [-0.05, 0) is 48.9 Å². The second-order valence-electron chi connectivity index (χ2n) is 5.61. The average molecular weight is 356 g/mol. The van der Waals surface area contributed by atoms with Crippen LogP contribution < -0.4 is 11.1 Å². The highest BCUT2D eigenvalue weighted by Gasteiger charge is 2.19. The van der Waals surface area contributed by atoms with Gasteiger partial charge in [0.2, 0.25) is 5.91 Å². The molecule has 26 heavy (non-hydrogen) atoms. The number of nitrogens with two attached hydrogens (primary N) is 1. The predicted octanol–water partition coefficient (Wildman–Crippen LogP) is 2.12. The smallest absolute Gasteiger partial charge is 0.338 e. The number of hydrogen-bond donors (Lipinski definition) is 2. The van der Waals surface area contributed by atoms with E-state index in [-0.39, 0.29) is 0 Å². The Labute approximate surface area is 151 Å². The first kappa shape index (κ1) is 19.1. The minimum Gasteiger partial charge on any atom is -0.449 e. The molecule has 0 saturated carbocycles. The molecule has 0 aliphatic rings. The minimum atomic E-state index is -0.996. The number of anilines is 1. The van der Waals surface area contributed by atoms with Gasteiger partial charge in [0.1, 0.15) is 0 Å². The summed E-state index contributed by atoms with van der Waals surface area (Å²) in [6.45, 7) is 1.85. The second kappa shape index (κ2) is 8.77. The number of rotatable bonds is 7. The van der Waals surface area contributed by atoms with Crippen LogP contribution in [-0.4, -0.2) is 31.0 Å². The molecule has 0 aliphatic carbocycles. The molecule has 0 aromatic heterocycles. The summed E-state index contributed by atoms with van der Waals surface area (Å²) >= 11 is 0. The molecule has 0 spiro atoms. The molecule has 2 aromatic carbocycles. The molecule has 0 fully saturated rings. The van der Waals surface area contributed by atoms with Gasteiger partial charge in [0.05, 0.1) is 12.2 Å². The van der Waals surface area contributed by atoms with E-state index >= 15 is 0 Å². The number of esters is 1. The zero-order chi connectivity index (χ0) is 19.1. The van der Waals surface area contributed by atoms with Crippen LogP contribution in [0.5, 0.6) is 0 Å². The Balaban J connectivity index is 1.96. The molecule has 136 valence electrons. The Morgan fingerprint density at radius 2 is 1.77 bits per heavy atom. The van der Waals surface area contributed by atoms with Crippen LogP contribution in [0.15, 0.2) is 48.5 Å². The number of hydrogen-bond acceptors (Lipinski definition) is 5. The summed E-state index contributed by atoms with van der Waals surface area (Å²) in [5.41, 5.74) is 7.12. The minimum absolute atomic E-state index is 0.332. The van der Waals surface area contributed by atoms with Crippen molar-refractivity contribution in [2.24, 2.45) is 5.73 Å². The van der Waals surface area contributed by atoms with E-state index in [2.05, 4.69) is 5.32 Å². The van der Waals surface area contributed by atoms with Gasteiger partial charge in [0.15, 0.2) is 6.10 Å². The van der Waals surface area contributed by atoms with Crippen molar-refractivity contribution < 1.29 is 23.9 Å². The van der Waals surface area contributed by atoms with E-state index in [9.17, 15) is 14.4 Å². The molecule has 1 unspecified atom stereocenters. The van der Waals surface area contributed by atoms with Crippen molar-refractivity contribution in [1.29, 1.82) is 0 Å². The Hall–Kier alpha value is -3.19. The number of nitrogens with one attached hydrogen (secondary N) is 1. The summed E-state index contributed by atoms with van der Waals surface area (Å²) < 4.78 is 10.2. The van der Waals surface area contributed by atoms with E-state index in [4.69, 9.17) is 15.2 Å². The molecule has 0 bridgehead atoms.